The molecule has 1 unspecified atom stereocenters. The molecule has 0 saturated heterocycles. The molecule has 0 bridgehead atoms. The smallest absolute Gasteiger partial charge is 0.305 e. The van der Waals surface area contributed by atoms with Gasteiger partial charge in [0, 0.05) is 36.9 Å². The highest BCUT2D eigenvalue weighted by molar-refractivity contribution is 5.98. The van der Waals surface area contributed by atoms with Crippen molar-refractivity contribution >= 4 is 46.4 Å². The van der Waals surface area contributed by atoms with Crippen LogP contribution >= 0.6 is 0 Å². The summed E-state index contributed by atoms with van der Waals surface area (Å²) in [6.45, 7) is 6.41. The minimum atomic E-state index is -1.62. The van der Waals surface area contributed by atoms with Gasteiger partial charge in [0.25, 0.3) is 0 Å². The number of aromatic amines is 1. The predicted octanol–water partition coefficient (Wildman–Crippen LogP) is 1.31. The number of nitrogens with one attached hydrogen (secondary N) is 5. The van der Waals surface area contributed by atoms with Crippen molar-refractivity contribution in [3.8, 4) is 0 Å². The van der Waals surface area contributed by atoms with Crippen LogP contribution in [0.3, 0.4) is 0 Å². The van der Waals surface area contributed by atoms with Crippen LogP contribution < -0.4 is 27.0 Å². The van der Waals surface area contributed by atoms with Crippen LogP contribution in [0.15, 0.2) is 60.8 Å². The van der Waals surface area contributed by atoms with Crippen LogP contribution in [0.4, 0.5) is 0 Å². The Balaban J connectivity index is 1.83. The Kier molecular flexibility index (Phi) is 12.0. The third kappa shape index (κ3) is 9.91. The van der Waals surface area contributed by atoms with E-state index >= 15 is 0 Å². The number of para-hydroxylation sites is 1. The van der Waals surface area contributed by atoms with Crippen molar-refractivity contribution in [1.29, 1.82) is 0 Å². The van der Waals surface area contributed by atoms with E-state index in [1.807, 2.05) is 38.1 Å². The second-order valence-corrected chi connectivity index (χ2v) is 12.0. The minimum Gasteiger partial charge on any atom is -0.481 e. The maximum Gasteiger partial charge on any atom is 0.305 e. The lowest BCUT2D eigenvalue weighted by Gasteiger charge is -2.34. The van der Waals surface area contributed by atoms with E-state index in [0.717, 1.165) is 16.5 Å². The summed E-state index contributed by atoms with van der Waals surface area (Å²) in [5.74, 6) is -5.18. The molecule has 0 aliphatic carbocycles. The highest BCUT2D eigenvalue weighted by Crippen LogP contribution is 2.21. The molecule has 3 aromatic rings. The van der Waals surface area contributed by atoms with Crippen LogP contribution in [-0.4, -0.2) is 69.3 Å². The number of benzene rings is 2. The standard InChI is InChI=1S/C33H42N6O7/c1-19(2)17-33(4,39-31(45)26(36-20(3)40)15-22-18-35-24-13-9-8-12-23(22)24)32(46)38-27(16-28(41)42)30(44)37-25(29(34)43)14-21-10-6-5-7-11-21/h5-13,18-19,25-27,35H,14-17H2,1-4H3,(H2,34,43)(H,36,40)(H,37,44)(H,38,46)(H,39,45)(H,41,42)/t25-,26-,27-,33?/m0/s1. The average Bonchev–Trinajstić information content (AvgIpc) is 3.38. The molecule has 2 aromatic carbocycles. The monoisotopic (exact) mass is 634 g/mol. The molecule has 13 nitrogen and oxygen atoms in total. The van der Waals surface area contributed by atoms with E-state index in [-0.39, 0.29) is 25.2 Å². The average molecular weight is 635 g/mol. The fraction of sp³-hybridized carbons (Fsp3) is 0.394. The van der Waals surface area contributed by atoms with E-state index in [0.29, 0.717) is 5.56 Å². The van der Waals surface area contributed by atoms with Crippen molar-refractivity contribution in [1.82, 2.24) is 26.3 Å². The van der Waals surface area contributed by atoms with E-state index in [4.69, 9.17) is 5.73 Å². The summed E-state index contributed by atoms with van der Waals surface area (Å²) in [7, 11) is 0. The lowest BCUT2D eigenvalue weighted by atomic mass is 9.88. The lowest BCUT2D eigenvalue weighted by Crippen LogP contribution is -2.64. The molecule has 13 heteroatoms. The number of nitrogens with two attached hydrogens (primary N) is 1. The Morgan fingerprint density at radius 1 is 0.848 bits per heavy atom. The molecule has 246 valence electrons. The minimum absolute atomic E-state index is 0.0533. The van der Waals surface area contributed by atoms with Gasteiger partial charge >= 0.3 is 5.97 Å². The molecule has 1 aromatic heterocycles. The van der Waals surface area contributed by atoms with Crippen LogP contribution in [0.25, 0.3) is 10.9 Å². The molecule has 0 radical (unpaired) electrons. The second-order valence-electron chi connectivity index (χ2n) is 12.0. The number of rotatable bonds is 16. The molecule has 1 heterocycles. The van der Waals surface area contributed by atoms with Gasteiger partial charge in [0.15, 0.2) is 0 Å². The van der Waals surface area contributed by atoms with Gasteiger partial charge in [0.1, 0.15) is 23.7 Å². The van der Waals surface area contributed by atoms with Crippen LogP contribution in [-0.2, 0) is 41.6 Å². The van der Waals surface area contributed by atoms with E-state index < -0.39 is 65.6 Å². The summed E-state index contributed by atoms with van der Waals surface area (Å²) >= 11 is 0. The van der Waals surface area contributed by atoms with E-state index in [1.54, 1.807) is 36.5 Å². The summed E-state index contributed by atoms with van der Waals surface area (Å²) in [6.07, 6.45) is 1.24. The Bertz CT molecular complexity index is 1570. The summed E-state index contributed by atoms with van der Waals surface area (Å²) in [5, 5.41) is 20.7. The number of carboxylic acid groups (broad SMARTS) is 1. The number of carbonyl (C=O) groups excluding carboxylic acids is 5. The fourth-order valence-electron chi connectivity index (χ4n) is 5.40. The topological polar surface area (TPSA) is 213 Å². The van der Waals surface area contributed by atoms with Crippen molar-refractivity contribution in [3.63, 3.8) is 0 Å². The van der Waals surface area contributed by atoms with Gasteiger partial charge in [0.05, 0.1) is 6.42 Å². The Labute approximate surface area is 267 Å². The van der Waals surface area contributed by atoms with Gasteiger partial charge < -0.3 is 37.1 Å². The third-order valence-corrected chi connectivity index (χ3v) is 7.45. The molecule has 0 spiro atoms. The van der Waals surface area contributed by atoms with Crippen LogP contribution in [0.2, 0.25) is 0 Å². The van der Waals surface area contributed by atoms with Gasteiger partial charge in [0.2, 0.25) is 29.5 Å². The third-order valence-electron chi connectivity index (χ3n) is 7.45. The zero-order chi connectivity index (χ0) is 34.0. The maximum absolute atomic E-state index is 13.8. The largest absolute Gasteiger partial charge is 0.481 e. The zero-order valence-electron chi connectivity index (χ0n) is 26.4. The SMILES string of the molecule is CC(=O)N[C@@H](Cc1c[nH]c2ccccc12)C(=O)NC(C)(CC(C)C)C(=O)N[C@@H](CC(=O)O)C(=O)N[C@@H](Cc1ccccc1)C(N)=O. The summed E-state index contributed by atoms with van der Waals surface area (Å²) < 4.78 is 0. The predicted molar refractivity (Wildman–Crippen MR) is 171 cm³/mol. The number of carbonyl (C=O) groups is 6. The first kappa shape index (κ1) is 35.3. The van der Waals surface area contributed by atoms with Crippen molar-refractivity contribution in [3.05, 3.63) is 71.9 Å². The first-order chi connectivity index (χ1) is 21.7. The Hall–Kier alpha value is -5.20. The van der Waals surface area contributed by atoms with Crippen molar-refractivity contribution in [2.45, 2.75) is 77.0 Å². The first-order valence-electron chi connectivity index (χ1n) is 15.0. The number of hydrogen-bond acceptors (Lipinski definition) is 6. The summed E-state index contributed by atoms with van der Waals surface area (Å²) in [6, 6.07) is 12.4. The quantitative estimate of drug-likeness (QED) is 0.123. The number of primary amides is 1. The lowest BCUT2D eigenvalue weighted by molar-refractivity contribution is -0.142. The molecule has 46 heavy (non-hydrogen) atoms. The van der Waals surface area contributed by atoms with Gasteiger partial charge in [-0.2, -0.15) is 0 Å². The van der Waals surface area contributed by atoms with Gasteiger partial charge in [-0.3, -0.25) is 28.8 Å². The molecule has 3 rings (SSSR count). The van der Waals surface area contributed by atoms with E-state index in [1.165, 1.54) is 13.8 Å². The van der Waals surface area contributed by atoms with Crippen LogP contribution in [0, 0.1) is 5.92 Å². The maximum atomic E-state index is 13.8. The number of amides is 5. The fourth-order valence-corrected chi connectivity index (χ4v) is 5.40. The van der Waals surface area contributed by atoms with Crippen LogP contribution in [0.5, 0.6) is 0 Å². The summed E-state index contributed by atoms with van der Waals surface area (Å²) in [5.41, 5.74) is 6.24. The highest BCUT2D eigenvalue weighted by Gasteiger charge is 2.40. The normalized spacial score (nSPS) is 14.4. The molecule has 0 saturated carbocycles. The van der Waals surface area contributed by atoms with Gasteiger partial charge in [-0.25, -0.2) is 0 Å². The molecular formula is C33H42N6O7. The van der Waals surface area contributed by atoms with E-state index in [2.05, 4.69) is 26.3 Å². The summed E-state index contributed by atoms with van der Waals surface area (Å²) in [4.78, 5) is 79.9. The molecular weight excluding hydrogens is 592 g/mol. The number of aromatic nitrogens is 1. The van der Waals surface area contributed by atoms with Crippen molar-refractivity contribution < 1.29 is 33.9 Å². The molecule has 0 fully saturated rings. The van der Waals surface area contributed by atoms with Crippen molar-refractivity contribution in [2.75, 3.05) is 0 Å². The molecule has 4 atom stereocenters. The Morgan fingerprint density at radius 3 is 2.11 bits per heavy atom. The van der Waals surface area contributed by atoms with Gasteiger partial charge in [-0.05, 0) is 36.5 Å². The molecule has 0 aliphatic heterocycles. The first-order valence-corrected chi connectivity index (χ1v) is 15.0. The number of carboxylic acids is 1. The number of hydrogen-bond donors (Lipinski definition) is 7. The number of fused-ring (bicyclic) bond motifs is 1. The van der Waals surface area contributed by atoms with Crippen molar-refractivity contribution in [2.24, 2.45) is 11.7 Å². The Morgan fingerprint density at radius 2 is 1.50 bits per heavy atom. The van der Waals surface area contributed by atoms with Crippen LogP contribution in [0.1, 0.15) is 51.7 Å². The number of aliphatic carboxylic acids is 1. The van der Waals surface area contributed by atoms with Gasteiger partial charge in [-0.15, -0.1) is 0 Å². The van der Waals surface area contributed by atoms with Gasteiger partial charge in [-0.1, -0.05) is 62.4 Å². The number of H-pyrrole nitrogens is 1. The molecule has 5 amide bonds. The second kappa shape index (κ2) is 15.7. The zero-order valence-corrected chi connectivity index (χ0v) is 26.4. The molecule has 8 N–H and O–H groups in total. The highest BCUT2D eigenvalue weighted by atomic mass is 16.4. The van der Waals surface area contributed by atoms with E-state index in [9.17, 15) is 33.9 Å². The molecule has 0 aliphatic rings.